The summed E-state index contributed by atoms with van der Waals surface area (Å²) in [5, 5.41) is 0. The van der Waals surface area contributed by atoms with Gasteiger partial charge in [0.25, 0.3) is 0 Å². The number of piperazine rings is 1. The number of rotatable bonds is 3. The maximum atomic E-state index is 13.5. The van der Waals surface area contributed by atoms with Crippen molar-refractivity contribution < 1.29 is 13.9 Å². The van der Waals surface area contributed by atoms with Crippen LogP contribution in [0, 0.1) is 5.82 Å². The third kappa shape index (κ3) is 2.62. The minimum atomic E-state index is -0.356. The standard InChI is InChI=1S/C16H21FN2O2/c1-11-16(20)19-7-3-4-13(19)10-18(11)9-12-5-6-14(17)15(8-12)21-2/h5-6,8,11,13H,3-4,7,9-10H2,1-2H3/t11-,13-/m1/s1. The summed E-state index contributed by atoms with van der Waals surface area (Å²) in [6.45, 7) is 4.39. The van der Waals surface area contributed by atoms with Crippen LogP contribution in [0.25, 0.3) is 0 Å². The Morgan fingerprint density at radius 2 is 2.24 bits per heavy atom. The zero-order chi connectivity index (χ0) is 15.0. The van der Waals surface area contributed by atoms with Crippen LogP contribution in [0.4, 0.5) is 4.39 Å². The molecule has 0 aromatic heterocycles. The van der Waals surface area contributed by atoms with Gasteiger partial charge in [0.15, 0.2) is 11.6 Å². The quantitative estimate of drug-likeness (QED) is 0.854. The molecule has 2 fully saturated rings. The van der Waals surface area contributed by atoms with Gasteiger partial charge in [0.05, 0.1) is 13.2 Å². The van der Waals surface area contributed by atoms with E-state index in [2.05, 4.69) is 4.90 Å². The number of amides is 1. The van der Waals surface area contributed by atoms with Crippen LogP contribution in [0.5, 0.6) is 5.75 Å². The van der Waals surface area contributed by atoms with Crippen LogP contribution in [0.2, 0.25) is 0 Å². The van der Waals surface area contributed by atoms with E-state index in [1.54, 1.807) is 12.1 Å². The maximum absolute atomic E-state index is 13.5. The lowest BCUT2D eigenvalue weighted by molar-refractivity contribution is -0.143. The molecule has 0 saturated carbocycles. The SMILES string of the molecule is COc1cc(CN2C[C@H]3CCCN3C(=O)[C@H]2C)ccc1F. The van der Waals surface area contributed by atoms with E-state index >= 15 is 0 Å². The lowest BCUT2D eigenvalue weighted by atomic mass is 10.1. The molecule has 2 heterocycles. The normalized spacial score (nSPS) is 26.0. The van der Waals surface area contributed by atoms with E-state index in [1.165, 1.54) is 13.2 Å². The van der Waals surface area contributed by atoms with Crippen LogP contribution in [0.3, 0.4) is 0 Å². The van der Waals surface area contributed by atoms with Gasteiger partial charge in [0.2, 0.25) is 5.91 Å². The second-order valence-electron chi connectivity index (χ2n) is 5.90. The molecule has 2 saturated heterocycles. The van der Waals surface area contributed by atoms with Gasteiger partial charge in [-0.15, -0.1) is 0 Å². The second kappa shape index (κ2) is 5.64. The van der Waals surface area contributed by atoms with Gasteiger partial charge in [0, 0.05) is 25.7 Å². The number of fused-ring (bicyclic) bond motifs is 1. The van der Waals surface area contributed by atoms with Crippen molar-refractivity contribution in [3.05, 3.63) is 29.6 Å². The Bertz CT molecular complexity index is 549. The first-order valence-electron chi connectivity index (χ1n) is 7.47. The van der Waals surface area contributed by atoms with Gasteiger partial charge in [-0.1, -0.05) is 6.07 Å². The molecule has 2 atom stereocenters. The highest BCUT2D eigenvalue weighted by Crippen LogP contribution is 2.27. The molecule has 0 radical (unpaired) electrons. The van der Waals surface area contributed by atoms with Gasteiger partial charge in [0.1, 0.15) is 0 Å². The molecule has 5 heteroatoms. The van der Waals surface area contributed by atoms with Crippen LogP contribution in [-0.4, -0.2) is 48.0 Å². The Labute approximate surface area is 124 Å². The first kappa shape index (κ1) is 14.3. The summed E-state index contributed by atoms with van der Waals surface area (Å²) in [5.41, 5.74) is 0.972. The van der Waals surface area contributed by atoms with Gasteiger partial charge in [-0.05, 0) is 37.5 Å². The van der Waals surface area contributed by atoms with Gasteiger partial charge in [-0.25, -0.2) is 4.39 Å². The van der Waals surface area contributed by atoms with Gasteiger partial charge in [-0.3, -0.25) is 9.69 Å². The van der Waals surface area contributed by atoms with Crippen molar-refractivity contribution in [3.8, 4) is 5.75 Å². The van der Waals surface area contributed by atoms with Crippen LogP contribution in [0.1, 0.15) is 25.3 Å². The van der Waals surface area contributed by atoms with Gasteiger partial charge >= 0.3 is 0 Å². The number of carbonyl (C=O) groups excluding carboxylic acids is 1. The number of benzene rings is 1. The van der Waals surface area contributed by atoms with Crippen molar-refractivity contribution >= 4 is 5.91 Å². The Hall–Kier alpha value is -1.62. The number of halogens is 1. The predicted molar refractivity (Wildman–Crippen MR) is 77.6 cm³/mol. The highest BCUT2D eigenvalue weighted by Gasteiger charge is 2.39. The van der Waals surface area contributed by atoms with Crippen LogP contribution in [0.15, 0.2) is 18.2 Å². The number of carbonyl (C=O) groups is 1. The number of hydrogen-bond acceptors (Lipinski definition) is 3. The first-order valence-corrected chi connectivity index (χ1v) is 7.47. The van der Waals surface area contributed by atoms with Crippen molar-refractivity contribution in [1.82, 2.24) is 9.80 Å². The van der Waals surface area contributed by atoms with Gasteiger partial charge in [-0.2, -0.15) is 0 Å². The first-order chi connectivity index (χ1) is 10.1. The molecule has 2 aliphatic rings. The molecule has 0 bridgehead atoms. The molecule has 1 amide bonds. The van der Waals surface area contributed by atoms with Crippen molar-refractivity contribution in [2.75, 3.05) is 20.2 Å². The number of hydrogen-bond donors (Lipinski definition) is 0. The summed E-state index contributed by atoms with van der Waals surface area (Å²) < 4.78 is 18.5. The van der Waals surface area contributed by atoms with E-state index in [0.717, 1.165) is 31.5 Å². The van der Waals surface area contributed by atoms with Crippen LogP contribution < -0.4 is 4.74 Å². The topological polar surface area (TPSA) is 32.8 Å². The van der Waals surface area contributed by atoms with E-state index in [9.17, 15) is 9.18 Å². The van der Waals surface area contributed by atoms with E-state index in [0.29, 0.717) is 12.6 Å². The van der Waals surface area contributed by atoms with Crippen molar-refractivity contribution in [3.63, 3.8) is 0 Å². The third-order valence-electron chi connectivity index (χ3n) is 4.61. The molecule has 3 rings (SSSR count). The van der Waals surface area contributed by atoms with E-state index in [1.807, 2.05) is 11.8 Å². The number of ether oxygens (including phenoxy) is 1. The van der Waals surface area contributed by atoms with Crippen molar-refractivity contribution in [1.29, 1.82) is 0 Å². The molecule has 114 valence electrons. The van der Waals surface area contributed by atoms with E-state index in [-0.39, 0.29) is 23.5 Å². The molecule has 4 nitrogen and oxygen atoms in total. The van der Waals surface area contributed by atoms with Gasteiger partial charge < -0.3 is 9.64 Å². The Morgan fingerprint density at radius 3 is 3.00 bits per heavy atom. The highest BCUT2D eigenvalue weighted by atomic mass is 19.1. The summed E-state index contributed by atoms with van der Waals surface area (Å²) in [6, 6.07) is 5.13. The second-order valence-corrected chi connectivity index (χ2v) is 5.90. The lowest BCUT2D eigenvalue weighted by Gasteiger charge is -2.41. The van der Waals surface area contributed by atoms with Crippen LogP contribution in [-0.2, 0) is 11.3 Å². The highest BCUT2D eigenvalue weighted by molar-refractivity contribution is 5.83. The average molecular weight is 292 g/mol. The molecular formula is C16H21FN2O2. The fourth-order valence-electron chi connectivity index (χ4n) is 3.38. The minimum absolute atomic E-state index is 0.115. The summed E-state index contributed by atoms with van der Waals surface area (Å²) in [7, 11) is 1.46. The smallest absolute Gasteiger partial charge is 0.239 e. The van der Waals surface area contributed by atoms with E-state index in [4.69, 9.17) is 4.74 Å². The fraction of sp³-hybridized carbons (Fsp3) is 0.562. The van der Waals surface area contributed by atoms with E-state index < -0.39 is 0 Å². The molecule has 0 unspecified atom stereocenters. The predicted octanol–water partition coefficient (Wildman–Crippen LogP) is 2.03. The zero-order valence-electron chi connectivity index (χ0n) is 12.5. The Morgan fingerprint density at radius 1 is 1.43 bits per heavy atom. The molecule has 1 aromatic carbocycles. The Kier molecular flexibility index (Phi) is 3.85. The van der Waals surface area contributed by atoms with Crippen LogP contribution >= 0.6 is 0 Å². The zero-order valence-corrected chi connectivity index (χ0v) is 12.5. The monoisotopic (exact) mass is 292 g/mol. The average Bonchev–Trinajstić information content (AvgIpc) is 2.94. The molecule has 0 spiro atoms. The molecule has 0 N–H and O–H groups in total. The Balaban J connectivity index is 1.76. The summed E-state index contributed by atoms with van der Waals surface area (Å²) in [4.78, 5) is 16.6. The molecular weight excluding hydrogens is 271 g/mol. The third-order valence-corrected chi connectivity index (χ3v) is 4.61. The maximum Gasteiger partial charge on any atom is 0.239 e. The largest absolute Gasteiger partial charge is 0.494 e. The minimum Gasteiger partial charge on any atom is -0.494 e. The summed E-state index contributed by atoms with van der Waals surface area (Å²) in [6.07, 6.45) is 2.18. The van der Waals surface area contributed by atoms with Crippen molar-refractivity contribution in [2.45, 2.75) is 38.4 Å². The number of nitrogens with zero attached hydrogens (tertiary/aromatic N) is 2. The summed E-state index contributed by atoms with van der Waals surface area (Å²) in [5.74, 6) is 0.120. The molecule has 2 aliphatic heterocycles. The number of methoxy groups -OCH3 is 1. The molecule has 21 heavy (non-hydrogen) atoms. The molecule has 1 aromatic rings. The summed E-state index contributed by atoms with van der Waals surface area (Å²) >= 11 is 0. The van der Waals surface area contributed by atoms with Crippen molar-refractivity contribution in [2.24, 2.45) is 0 Å². The molecule has 0 aliphatic carbocycles. The lowest BCUT2D eigenvalue weighted by Crippen LogP contribution is -2.58. The fourth-order valence-corrected chi connectivity index (χ4v) is 3.38.